The highest BCUT2D eigenvalue weighted by Gasteiger charge is 2.25. The predicted octanol–water partition coefficient (Wildman–Crippen LogP) is 3.27. The number of anilines is 1. The van der Waals surface area contributed by atoms with Gasteiger partial charge in [-0.25, -0.2) is 4.98 Å². The number of aryl methyl sites for hydroxylation is 1. The van der Waals surface area contributed by atoms with E-state index in [0.717, 1.165) is 19.0 Å². The zero-order valence-corrected chi connectivity index (χ0v) is 12.9. The van der Waals surface area contributed by atoms with E-state index in [1.165, 1.54) is 55.7 Å². The van der Waals surface area contributed by atoms with Gasteiger partial charge in [0.15, 0.2) is 0 Å². The standard InChI is InChI=1S/C17H27N3/c1-3-14-10-13(12-18-15-7-8-15)11-17(19-14)20-9-5-6-16(20)4-2/h10-11,15-16,18H,3-9,12H2,1-2H3. The number of nitrogens with zero attached hydrogens (tertiary/aromatic N) is 2. The Morgan fingerprint density at radius 1 is 1.25 bits per heavy atom. The molecule has 0 radical (unpaired) electrons. The summed E-state index contributed by atoms with van der Waals surface area (Å²) in [6.45, 7) is 6.67. The second kappa shape index (κ2) is 6.13. The Balaban J connectivity index is 1.79. The van der Waals surface area contributed by atoms with Crippen LogP contribution in [-0.4, -0.2) is 23.6 Å². The maximum absolute atomic E-state index is 4.87. The van der Waals surface area contributed by atoms with Gasteiger partial charge in [0.25, 0.3) is 0 Å². The first kappa shape index (κ1) is 13.9. The van der Waals surface area contributed by atoms with Gasteiger partial charge < -0.3 is 10.2 Å². The fourth-order valence-electron chi connectivity index (χ4n) is 3.17. The molecule has 2 heterocycles. The number of pyridine rings is 1. The topological polar surface area (TPSA) is 28.2 Å². The summed E-state index contributed by atoms with van der Waals surface area (Å²) in [7, 11) is 0. The molecule has 3 heteroatoms. The van der Waals surface area contributed by atoms with Crippen LogP contribution in [0.2, 0.25) is 0 Å². The Morgan fingerprint density at radius 2 is 2.10 bits per heavy atom. The van der Waals surface area contributed by atoms with E-state index < -0.39 is 0 Å². The van der Waals surface area contributed by atoms with E-state index in [1.54, 1.807) is 0 Å². The number of aromatic nitrogens is 1. The van der Waals surface area contributed by atoms with Crippen LogP contribution in [0.1, 0.15) is 57.2 Å². The number of rotatable bonds is 6. The number of nitrogens with one attached hydrogen (secondary N) is 1. The molecule has 1 unspecified atom stereocenters. The second-order valence-corrected chi connectivity index (χ2v) is 6.23. The van der Waals surface area contributed by atoms with Crippen LogP contribution in [0.15, 0.2) is 12.1 Å². The molecule has 1 atom stereocenters. The molecule has 1 aromatic heterocycles. The summed E-state index contributed by atoms with van der Waals surface area (Å²) in [6, 6.07) is 6.05. The molecule has 1 saturated carbocycles. The third-order valence-corrected chi connectivity index (χ3v) is 4.60. The van der Waals surface area contributed by atoms with Crippen molar-refractivity contribution >= 4 is 5.82 Å². The van der Waals surface area contributed by atoms with E-state index in [2.05, 4.69) is 36.2 Å². The molecule has 20 heavy (non-hydrogen) atoms. The molecule has 1 aromatic rings. The Morgan fingerprint density at radius 3 is 2.80 bits per heavy atom. The molecule has 0 bridgehead atoms. The van der Waals surface area contributed by atoms with Crippen molar-refractivity contribution in [2.45, 2.75) is 71.0 Å². The van der Waals surface area contributed by atoms with Crippen molar-refractivity contribution in [3.05, 3.63) is 23.4 Å². The quantitative estimate of drug-likeness (QED) is 0.862. The third kappa shape index (κ3) is 3.14. The van der Waals surface area contributed by atoms with Gasteiger partial charge in [-0.15, -0.1) is 0 Å². The van der Waals surface area contributed by atoms with Gasteiger partial charge in [0.1, 0.15) is 5.82 Å². The van der Waals surface area contributed by atoms with Gasteiger partial charge in [0.05, 0.1) is 0 Å². The fourth-order valence-corrected chi connectivity index (χ4v) is 3.17. The molecule has 0 aromatic carbocycles. The molecule has 1 N–H and O–H groups in total. The normalized spacial score (nSPS) is 22.5. The van der Waals surface area contributed by atoms with Crippen LogP contribution >= 0.6 is 0 Å². The predicted molar refractivity (Wildman–Crippen MR) is 84.1 cm³/mol. The van der Waals surface area contributed by atoms with Crippen molar-refractivity contribution in [1.29, 1.82) is 0 Å². The summed E-state index contributed by atoms with van der Waals surface area (Å²) in [5.74, 6) is 1.21. The Hall–Kier alpha value is -1.09. The number of hydrogen-bond donors (Lipinski definition) is 1. The smallest absolute Gasteiger partial charge is 0.129 e. The fraction of sp³-hybridized carbons (Fsp3) is 0.706. The minimum Gasteiger partial charge on any atom is -0.354 e. The molecule has 0 amide bonds. The van der Waals surface area contributed by atoms with Crippen molar-refractivity contribution in [2.24, 2.45) is 0 Å². The van der Waals surface area contributed by atoms with Crippen molar-refractivity contribution in [3.8, 4) is 0 Å². The first-order valence-corrected chi connectivity index (χ1v) is 8.30. The number of hydrogen-bond acceptors (Lipinski definition) is 3. The molecule has 2 fully saturated rings. The lowest BCUT2D eigenvalue weighted by Gasteiger charge is -2.26. The molecule has 110 valence electrons. The molecule has 1 aliphatic heterocycles. The molecule has 2 aliphatic rings. The van der Waals surface area contributed by atoms with Gasteiger partial charge in [-0.05, 0) is 56.2 Å². The summed E-state index contributed by atoms with van der Waals surface area (Å²) in [6.07, 6.45) is 7.59. The van der Waals surface area contributed by atoms with E-state index in [4.69, 9.17) is 4.98 Å². The first-order chi connectivity index (χ1) is 9.80. The maximum Gasteiger partial charge on any atom is 0.129 e. The van der Waals surface area contributed by atoms with Crippen LogP contribution in [0.4, 0.5) is 5.82 Å². The van der Waals surface area contributed by atoms with Crippen LogP contribution in [0, 0.1) is 0 Å². The summed E-state index contributed by atoms with van der Waals surface area (Å²) >= 11 is 0. The van der Waals surface area contributed by atoms with E-state index >= 15 is 0 Å². The van der Waals surface area contributed by atoms with E-state index in [1.807, 2.05) is 0 Å². The maximum atomic E-state index is 4.87. The molecule has 3 rings (SSSR count). The highest BCUT2D eigenvalue weighted by atomic mass is 15.2. The average molecular weight is 273 g/mol. The zero-order valence-electron chi connectivity index (χ0n) is 12.9. The van der Waals surface area contributed by atoms with Gasteiger partial charge in [-0.3, -0.25) is 0 Å². The van der Waals surface area contributed by atoms with Gasteiger partial charge in [-0.2, -0.15) is 0 Å². The molecular formula is C17H27N3. The van der Waals surface area contributed by atoms with Crippen LogP contribution in [-0.2, 0) is 13.0 Å². The van der Waals surface area contributed by atoms with Crippen LogP contribution < -0.4 is 10.2 Å². The molecular weight excluding hydrogens is 246 g/mol. The van der Waals surface area contributed by atoms with Crippen molar-refractivity contribution in [3.63, 3.8) is 0 Å². The lowest BCUT2D eigenvalue weighted by Crippen LogP contribution is -2.29. The van der Waals surface area contributed by atoms with Gasteiger partial charge in [0.2, 0.25) is 0 Å². The summed E-state index contributed by atoms with van der Waals surface area (Å²) in [5, 5.41) is 3.62. The van der Waals surface area contributed by atoms with Gasteiger partial charge >= 0.3 is 0 Å². The SMILES string of the molecule is CCc1cc(CNC2CC2)cc(N2CCCC2CC)n1. The summed E-state index contributed by atoms with van der Waals surface area (Å²) < 4.78 is 0. The lowest BCUT2D eigenvalue weighted by molar-refractivity contribution is 0.637. The Bertz CT molecular complexity index is 454. The van der Waals surface area contributed by atoms with Crippen molar-refractivity contribution in [1.82, 2.24) is 10.3 Å². The van der Waals surface area contributed by atoms with Crippen LogP contribution in [0.25, 0.3) is 0 Å². The second-order valence-electron chi connectivity index (χ2n) is 6.23. The largest absolute Gasteiger partial charge is 0.354 e. The van der Waals surface area contributed by atoms with E-state index in [-0.39, 0.29) is 0 Å². The average Bonchev–Trinajstić information content (AvgIpc) is 3.19. The first-order valence-electron chi connectivity index (χ1n) is 8.30. The molecule has 1 saturated heterocycles. The Labute approximate surface area is 122 Å². The van der Waals surface area contributed by atoms with Crippen molar-refractivity contribution < 1.29 is 0 Å². The molecule has 3 nitrogen and oxygen atoms in total. The highest BCUT2D eigenvalue weighted by Crippen LogP contribution is 2.27. The van der Waals surface area contributed by atoms with Gasteiger partial charge in [-0.1, -0.05) is 13.8 Å². The van der Waals surface area contributed by atoms with Gasteiger partial charge in [0, 0.05) is 30.9 Å². The minimum absolute atomic E-state index is 0.693. The monoisotopic (exact) mass is 273 g/mol. The summed E-state index contributed by atoms with van der Waals surface area (Å²) in [5.41, 5.74) is 2.64. The summed E-state index contributed by atoms with van der Waals surface area (Å²) in [4.78, 5) is 7.40. The van der Waals surface area contributed by atoms with Crippen molar-refractivity contribution in [2.75, 3.05) is 11.4 Å². The lowest BCUT2D eigenvalue weighted by atomic mass is 10.1. The van der Waals surface area contributed by atoms with E-state index in [9.17, 15) is 0 Å². The minimum atomic E-state index is 0.693. The zero-order chi connectivity index (χ0) is 13.9. The van der Waals surface area contributed by atoms with Crippen LogP contribution in [0.5, 0.6) is 0 Å². The highest BCUT2D eigenvalue weighted by molar-refractivity contribution is 5.45. The third-order valence-electron chi connectivity index (χ3n) is 4.60. The molecule has 0 spiro atoms. The van der Waals surface area contributed by atoms with Crippen LogP contribution in [0.3, 0.4) is 0 Å². The Kier molecular flexibility index (Phi) is 4.25. The van der Waals surface area contributed by atoms with E-state index in [0.29, 0.717) is 6.04 Å². The molecule has 1 aliphatic carbocycles.